The predicted molar refractivity (Wildman–Crippen MR) is 131 cm³/mol. The van der Waals surface area contributed by atoms with Crippen molar-refractivity contribution in [2.75, 3.05) is 19.7 Å². The van der Waals surface area contributed by atoms with Gasteiger partial charge in [-0.3, -0.25) is 9.59 Å². The highest BCUT2D eigenvalue weighted by Gasteiger charge is 2.57. The maximum atomic E-state index is 13.5. The van der Waals surface area contributed by atoms with Crippen molar-refractivity contribution < 1.29 is 24.2 Å². The number of carbonyl (C=O) groups excluding carboxylic acids is 2. The van der Waals surface area contributed by atoms with Crippen LogP contribution in [0.1, 0.15) is 56.6 Å². The van der Waals surface area contributed by atoms with Crippen molar-refractivity contribution in [1.29, 1.82) is 0 Å². The Morgan fingerprint density at radius 2 is 1.74 bits per heavy atom. The van der Waals surface area contributed by atoms with Crippen LogP contribution in [0.2, 0.25) is 0 Å². The maximum absolute atomic E-state index is 13.5. The van der Waals surface area contributed by atoms with E-state index in [2.05, 4.69) is 29.6 Å². The number of carboxylic acids is 1. The van der Waals surface area contributed by atoms with Crippen molar-refractivity contribution in [3.05, 3.63) is 59.7 Å². The highest BCUT2D eigenvalue weighted by molar-refractivity contribution is 5.91. The summed E-state index contributed by atoms with van der Waals surface area (Å²) in [5.74, 6) is -1.16. The van der Waals surface area contributed by atoms with E-state index in [4.69, 9.17) is 4.74 Å². The molecule has 5 rings (SSSR count). The van der Waals surface area contributed by atoms with Gasteiger partial charge in [0.05, 0.1) is 5.41 Å². The molecule has 2 aliphatic carbocycles. The molecular formula is C28H32N2O5. The number of aliphatic carboxylic acids is 1. The highest BCUT2D eigenvalue weighted by Crippen LogP contribution is 2.49. The van der Waals surface area contributed by atoms with Crippen LogP contribution in [-0.2, 0) is 14.3 Å². The summed E-state index contributed by atoms with van der Waals surface area (Å²) in [5, 5.41) is 12.7. The molecule has 0 bridgehead atoms. The van der Waals surface area contributed by atoms with E-state index in [-0.39, 0.29) is 30.9 Å². The second-order valence-electron chi connectivity index (χ2n) is 10.4. The number of benzene rings is 2. The number of nitrogens with one attached hydrogen (secondary N) is 1. The van der Waals surface area contributed by atoms with Crippen LogP contribution in [-0.4, -0.2) is 53.2 Å². The molecule has 0 radical (unpaired) electrons. The smallest absolute Gasteiger partial charge is 0.408 e. The summed E-state index contributed by atoms with van der Waals surface area (Å²) in [6.45, 7) is 4.33. The number of carboxylic acid groups (broad SMARTS) is 1. The molecule has 2 N–H and O–H groups in total. The van der Waals surface area contributed by atoms with Gasteiger partial charge in [-0.05, 0) is 54.4 Å². The van der Waals surface area contributed by atoms with Gasteiger partial charge in [-0.2, -0.15) is 0 Å². The number of nitrogens with zero attached hydrogens (tertiary/aromatic N) is 1. The Hall–Kier alpha value is -3.35. The second kappa shape index (κ2) is 8.70. The van der Waals surface area contributed by atoms with E-state index in [1.54, 1.807) is 11.8 Å². The molecule has 7 nitrogen and oxygen atoms in total. The van der Waals surface area contributed by atoms with Crippen molar-refractivity contribution in [1.82, 2.24) is 10.2 Å². The zero-order valence-corrected chi connectivity index (χ0v) is 20.3. The van der Waals surface area contributed by atoms with Gasteiger partial charge in [-0.15, -0.1) is 0 Å². The Morgan fingerprint density at radius 1 is 1.11 bits per heavy atom. The highest BCUT2D eigenvalue weighted by atomic mass is 16.5. The zero-order valence-electron chi connectivity index (χ0n) is 20.3. The molecule has 2 aromatic carbocycles. The van der Waals surface area contributed by atoms with Gasteiger partial charge in [-0.1, -0.05) is 61.9 Å². The van der Waals surface area contributed by atoms with Gasteiger partial charge in [0, 0.05) is 19.0 Å². The molecule has 35 heavy (non-hydrogen) atoms. The Labute approximate surface area is 205 Å². The minimum atomic E-state index is -1.17. The first-order valence-corrected chi connectivity index (χ1v) is 12.4. The van der Waals surface area contributed by atoms with Crippen molar-refractivity contribution >= 4 is 18.0 Å². The van der Waals surface area contributed by atoms with Gasteiger partial charge >= 0.3 is 12.1 Å². The molecule has 1 aliphatic heterocycles. The molecule has 2 aromatic rings. The number of rotatable bonds is 6. The predicted octanol–water partition coefficient (Wildman–Crippen LogP) is 4.41. The standard InChI is InChI=1S/C28H32N2O5/c1-3-27(2,24(31)30-15-18-9-8-14-28(18,17-30)25(32)33)29-26(34)35-16-23-21-12-6-4-10-19(21)20-11-5-7-13-22(20)23/h4-7,10-13,18,23H,3,8-9,14-17H2,1-2H3,(H,29,34)(H,32,33)/t18-,27?,28-/m1/s1. The number of carbonyl (C=O) groups is 3. The summed E-state index contributed by atoms with van der Waals surface area (Å²) in [7, 11) is 0. The number of amides is 2. The Bertz CT molecular complexity index is 1130. The lowest BCUT2D eigenvalue weighted by atomic mass is 9.81. The molecule has 1 heterocycles. The fourth-order valence-electron chi connectivity index (χ4n) is 6.30. The molecule has 2 amide bonds. The number of hydrogen-bond acceptors (Lipinski definition) is 4. The lowest BCUT2D eigenvalue weighted by molar-refractivity contribution is -0.150. The van der Waals surface area contributed by atoms with Gasteiger partial charge in [0.1, 0.15) is 12.1 Å². The van der Waals surface area contributed by atoms with Gasteiger partial charge in [0.25, 0.3) is 0 Å². The molecule has 0 aromatic heterocycles. The van der Waals surface area contributed by atoms with Crippen LogP contribution >= 0.6 is 0 Å². The molecule has 3 aliphatic rings. The Kier molecular flexibility index (Phi) is 5.82. The molecule has 7 heteroatoms. The van der Waals surface area contributed by atoms with E-state index in [0.29, 0.717) is 19.4 Å². The van der Waals surface area contributed by atoms with Crippen LogP contribution in [0.15, 0.2) is 48.5 Å². The first kappa shape index (κ1) is 23.4. The SMILES string of the molecule is CCC(C)(NC(=O)OCC1c2ccccc2-c2ccccc21)C(=O)N1C[C@H]2CCC[C@@]2(C(=O)O)C1. The van der Waals surface area contributed by atoms with E-state index in [1.165, 1.54) is 0 Å². The van der Waals surface area contributed by atoms with E-state index >= 15 is 0 Å². The zero-order chi connectivity index (χ0) is 24.8. The van der Waals surface area contributed by atoms with Crippen LogP contribution < -0.4 is 5.32 Å². The number of fused-ring (bicyclic) bond motifs is 4. The van der Waals surface area contributed by atoms with E-state index in [1.807, 2.05) is 31.2 Å². The van der Waals surface area contributed by atoms with Crippen molar-refractivity contribution in [2.24, 2.45) is 11.3 Å². The average Bonchev–Trinajstić information content (AvgIpc) is 3.52. The number of ether oxygens (including phenoxy) is 1. The van der Waals surface area contributed by atoms with Gasteiger partial charge < -0.3 is 20.1 Å². The summed E-state index contributed by atoms with van der Waals surface area (Å²) in [6.07, 6.45) is 2.02. The molecular weight excluding hydrogens is 444 g/mol. The van der Waals surface area contributed by atoms with E-state index in [0.717, 1.165) is 35.1 Å². The summed E-state index contributed by atoms with van der Waals surface area (Å²) in [6, 6.07) is 16.3. The van der Waals surface area contributed by atoms with Crippen LogP contribution in [0, 0.1) is 11.3 Å². The largest absolute Gasteiger partial charge is 0.481 e. The molecule has 3 atom stereocenters. The summed E-state index contributed by atoms with van der Waals surface area (Å²) >= 11 is 0. The third-order valence-corrected chi connectivity index (χ3v) is 8.48. The third-order valence-electron chi connectivity index (χ3n) is 8.48. The fourth-order valence-corrected chi connectivity index (χ4v) is 6.30. The third kappa shape index (κ3) is 3.77. The summed E-state index contributed by atoms with van der Waals surface area (Å²) in [5.41, 5.74) is 2.53. The van der Waals surface area contributed by atoms with Gasteiger partial charge in [-0.25, -0.2) is 4.79 Å². The topological polar surface area (TPSA) is 95.9 Å². The van der Waals surface area contributed by atoms with Crippen molar-refractivity contribution in [3.8, 4) is 11.1 Å². The maximum Gasteiger partial charge on any atom is 0.408 e. The minimum Gasteiger partial charge on any atom is -0.481 e. The van der Waals surface area contributed by atoms with Crippen LogP contribution in [0.5, 0.6) is 0 Å². The molecule has 1 unspecified atom stereocenters. The molecule has 184 valence electrons. The van der Waals surface area contributed by atoms with E-state index in [9.17, 15) is 19.5 Å². The molecule has 2 fully saturated rings. The van der Waals surface area contributed by atoms with Crippen molar-refractivity contribution in [2.45, 2.75) is 51.0 Å². The Morgan fingerprint density at radius 3 is 2.31 bits per heavy atom. The number of hydrogen-bond donors (Lipinski definition) is 2. The number of likely N-dealkylation sites (tertiary alicyclic amines) is 1. The van der Waals surface area contributed by atoms with Gasteiger partial charge in [0.15, 0.2) is 0 Å². The molecule has 0 spiro atoms. The van der Waals surface area contributed by atoms with Crippen LogP contribution in [0.25, 0.3) is 11.1 Å². The van der Waals surface area contributed by atoms with Crippen LogP contribution in [0.3, 0.4) is 0 Å². The monoisotopic (exact) mass is 476 g/mol. The first-order chi connectivity index (χ1) is 16.8. The quantitative estimate of drug-likeness (QED) is 0.644. The molecule has 1 saturated carbocycles. The minimum absolute atomic E-state index is 0.0282. The summed E-state index contributed by atoms with van der Waals surface area (Å²) < 4.78 is 5.67. The summed E-state index contributed by atoms with van der Waals surface area (Å²) in [4.78, 5) is 40.0. The van der Waals surface area contributed by atoms with E-state index < -0.39 is 23.0 Å². The second-order valence-corrected chi connectivity index (χ2v) is 10.4. The van der Waals surface area contributed by atoms with Crippen molar-refractivity contribution in [3.63, 3.8) is 0 Å². The number of alkyl carbamates (subject to hydrolysis) is 1. The van der Waals surface area contributed by atoms with Gasteiger partial charge in [0.2, 0.25) is 5.91 Å². The normalized spacial score (nSPS) is 24.3. The lowest BCUT2D eigenvalue weighted by Crippen LogP contribution is -2.57. The molecule has 1 saturated heterocycles. The average molecular weight is 477 g/mol. The first-order valence-electron chi connectivity index (χ1n) is 12.4. The lowest BCUT2D eigenvalue weighted by Gasteiger charge is -2.33. The Balaban J connectivity index is 1.26. The van der Waals surface area contributed by atoms with Crippen LogP contribution in [0.4, 0.5) is 4.79 Å². The fraction of sp³-hybridized carbons (Fsp3) is 0.464.